The second kappa shape index (κ2) is 3.18. The molecule has 0 spiro atoms. The van der Waals surface area contributed by atoms with Crippen LogP contribution >= 0.6 is 0 Å². The highest BCUT2D eigenvalue weighted by Gasteiger charge is 2.12. The van der Waals surface area contributed by atoms with Gasteiger partial charge in [-0.2, -0.15) is 0 Å². The summed E-state index contributed by atoms with van der Waals surface area (Å²) in [5.41, 5.74) is 0. The van der Waals surface area contributed by atoms with Crippen molar-refractivity contribution in [3.8, 4) is 0 Å². The molecule has 2 nitrogen and oxygen atoms in total. The number of rotatable bonds is 2. The van der Waals surface area contributed by atoms with Crippen molar-refractivity contribution in [1.82, 2.24) is 4.90 Å². The molecule has 0 saturated carbocycles. The van der Waals surface area contributed by atoms with Crippen LogP contribution in [0.25, 0.3) is 0 Å². The molecule has 1 heterocycles. The topological polar surface area (TPSA) is 12.5 Å². The zero-order valence-corrected chi connectivity index (χ0v) is 6.18. The summed E-state index contributed by atoms with van der Waals surface area (Å²) in [6, 6.07) is 0. The van der Waals surface area contributed by atoms with Crippen molar-refractivity contribution >= 4 is 0 Å². The Labute approximate surface area is 56.8 Å². The predicted octanol–water partition coefficient (Wildman–Crippen LogP) is 0.890. The van der Waals surface area contributed by atoms with E-state index in [1.165, 1.54) is 5.92 Å². The lowest BCUT2D eigenvalue weighted by Crippen LogP contribution is -2.23. The largest absolute Gasteiger partial charge is 0.365 e. The molecular weight excluding hydrogens is 114 g/mol. The molecule has 1 fully saturated rings. The minimum atomic E-state index is 0.825. The van der Waals surface area contributed by atoms with E-state index in [2.05, 4.69) is 18.7 Å². The molecule has 1 radical (unpaired) electrons. The highest BCUT2D eigenvalue weighted by molar-refractivity contribution is 4.81. The second-order valence-electron chi connectivity index (χ2n) is 2.80. The van der Waals surface area contributed by atoms with Crippen LogP contribution in [0.5, 0.6) is 0 Å². The molecule has 53 valence electrons. The third-order valence-corrected chi connectivity index (χ3v) is 1.37. The van der Waals surface area contributed by atoms with Crippen LogP contribution in [0, 0.1) is 5.92 Å². The summed E-state index contributed by atoms with van der Waals surface area (Å²) < 4.78 is 5.17. The van der Waals surface area contributed by atoms with Gasteiger partial charge in [-0.3, -0.25) is 4.90 Å². The van der Waals surface area contributed by atoms with Crippen molar-refractivity contribution in [2.24, 2.45) is 0 Å². The van der Waals surface area contributed by atoms with Gasteiger partial charge in [-0.1, -0.05) is 13.8 Å². The van der Waals surface area contributed by atoms with Gasteiger partial charge in [0, 0.05) is 13.1 Å². The van der Waals surface area contributed by atoms with Crippen LogP contribution in [0.15, 0.2) is 0 Å². The summed E-state index contributed by atoms with van der Waals surface area (Å²) in [7, 11) is 0. The number of hydrogen-bond donors (Lipinski definition) is 0. The van der Waals surface area contributed by atoms with Gasteiger partial charge in [0.15, 0.2) is 0 Å². The van der Waals surface area contributed by atoms with Crippen molar-refractivity contribution in [2.45, 2.75) is 13.8 Å². The molecule has 0 unspecified atom stereocenters. The van der Waals surface area contributed by atoms with Crippen molar-refractivity contribution < 1.29 is 4.74 Å². The molecule has 0 atom stereocenters. The predicted molar refractivity (Wildman–Crippen MR) is 37.0 cm³/mol. The van der Waals surface area contributed by atoms with E-state index >= 15 is 0 Å². The van der Waals surface area contributed by atoms with Gasteiger partial charge < -0.3 is 4.74 Å². The Bertz CT molecular complexity index is 77.0. The van der Waals surface area contributed by atoms with E-state index in [1.807, 2.05) is 0 Å². The van der Waals surface area contributed by atoms with E-state index in [4.69, 9.17) is 4.74 Å². The van der Waals surface area contributed by atoms with E-state index in [0.29, 0.717) is 0 Å². The van der Waals surface area contributed by atoms with Crippen LogP contribution in [-0.2, 0) is 4.74 Å². The Kier molecular flexibility index (Phi) is 2.49. The van der Waals surface area contributed by atoms with E-state index in [1.54, 1.807) is 0 Å². The highest BCUT2D eigenvalue weighted by Crippen LogP contribution is 2.04. The minimum absolute atomic E-state index is 0.825. The van der Waals surface area contributed by atoms with E-state index in [-0.39, 0.29) is 0 Å². The molecule has 1 rings (SSSR count). The Morgan fingerprint density at radius 2 is 2.33 bits per heavy atom. The number of hydrogen-bond acceptors (Lipinski definition) is 2. The van der Waals surface area contributed by atoms with Crippen LogP contribution in [0.4, 0.5) is 0 Å². The van der Waals surface area contributed by atoms with Crippen LogP contribution < -0.4 is 0 Å². The molecule has 0 amide bonds. The van der Waals surface area contributed by atoms with Crippen LogP contribution in [-0.4, -0.2) is 31.3 Å². The fourth-order valence-electron chi connectivity index (χ4n) is 1.02. The average Bonchev–Trinajstić information content (AvgIpc) is 2.15. The van der Waals surface area contributed by atoms with Crippen molar-refractivity contribution in [1.29, 1.82) is 0 Å². The third-order valence-electron chi connectivity index (χ3n) is 1.37. The smallest absolute Gasteiger partial charge is 0.0991 e. The van der Waals surface area contributed by atoms with Gasteiger partial charge in [-0.15, -0.1) is 0 Å². The molecule has 1 aliphatic rings. The van der Waals surface area contributed by atoms with Gasteiger partial charge in [-0.25, -0.2) is 0 Å². The third kappa shape index (κ3) is 2.33. The maximum absolute atomic E-state index is 5.17. The molecular formula is C7H14NO. The first-order valence-corrected chi connectivity index (χ1v) is 3.38. The molecule has 9 heavy (non-hydrogen) atoms. The number of ether oxygens (including phenoxy) is 1. The molecule has 1 saturated heterocycles. The molecule has 0 N–H and O–H groups in total. The average molecular weight is 128 g/mol. The first kappa shape index (κ1) is 7.03. The quantitative estimate of drug-likeness (QED) is 0.547. The second-order valence-corrected chi connectivity index (χ2v) is 2.80. The van der Waals surface area contributed by atoms with Crippen molar-refractivity contribution in [3.05, 3.63) is 5.92 Å². The van der Waals surface area contributed by atoms with Gasteiger partial charge >= 0.3 is 0 Å². The summed E-state index contributed by atoms with van der Waals surface area (Å²) in [5.74, 6) is 1.46. The summed E-state index contributed by atoms with van der Waals surface area (Å²) >= 11 is 0. The van der Waals surface area contributed by atoms with Crippen molar-refractivity contribution in [2.75, 3.05) is 26.4 Å². The molecule has 1 aliphatic heterocycles. The lowest BCUT2D eigenvalue weighted by Gasteiger charge is -2.14. The van der Waals surface area contributed by atoms with E-state index < -0.39 is 0 Å². The normalized spacial score (nSPS) is 21.7. The standard InChI is InChI=1S/C7H14NO/c1-7(2)5-8-3-4-9-6-8/h3-6H2,1-2H3. The first-order valence-electron chi connectivity index (χ1n) is 3.38. The molecule has 0 aromatic heterocycles. The summed E-state index contributed by atoms with van der Waals surface area (Å²) in [5, 5.41) is 0. The Morgan fingerprint density at radius 3 is 2.78 bits per heavy atom. The SMILES string of the molecule is C[C](C)CN1CCOC1. The lowest BCUT2D eigenvalue weighted by atomic mass is 10.2. The van der Waals surface area contributed by atoms with Crippen LogP contribution in [0.1, 0.15) is 13.8 Å². The lowest BCUT2D eigenvalue weighted by molar-refractivity contribution is 0.143. The van der Waals surface area contributed by atoms with Gasteiger partial charge in [0.1, 0.15) is 0 Å². The van der Waals surface area contributed by atoms with Gasteiger partial charge in [0.2, 0.25) is 0 Å². The molecule has 0 aromatic carbocycles. The summed E-state index contributed by atoms with van der Waals surface area (Å²) in [6.45, 7) is 8.24. The van der Waals surface area contributed by atoms with Gasteiger partial charge in [0.05, 0.1) is 13.3 Å². The maximum Gasteiger partial charge on any atom is 0.0991 e. The summed E-state index contributed by atoms with van der Waals surface area (Å²) in [4.78, 5) is 2.30. The zero-order chi connectivity index (χ0) is 6.69. The monoisotopic (exact) mass is 128 g/mol. The van der Waals surface area contributed by atoms with Crippen molar-refractivity contribution in [3.63, 3.8) is 0 Å². The maximum atomic E-state index is 5.17. The number of nitrogens with zero attached hydrogens (tertiary/aromatic N) is 1. The minimum Gasteiger partial charge on any atom is -0.365 e. The Morgan fingerprint density at radius 1 is 1.56 bits per heavy atom. The van der Waals surface area contributed by atoms with Gasteiger partial charge in [0.25, 0.3) is 0 Å². The Hall–Kier alpha value is -0.0800. The fraction of sp³-hybridized carbons (Fsp3) is 0.857. The molecule has 0 bridgehead atoms. The molecule has 0 aliphatic carbocycles. The van der Waals surface area contributed by atoms with Crippen LogP contribution in [0.2, 0.25) is 0 Å². The van der Waals surface area contributed by atoms with E-state index in [0.717, 1.165) is 26.4 Å². The molecule has 2 heteroatoms. The Balaban J connectivity index is 2.11. The first-order chi connectivity index (χ1) is 4.29. The zero-order valence-electron chi connectivity index (χ0n) is 6.18. The fourth-order valence-corrected chi connectivity index (χ4v) is 1.02. The van der Waals surface area contributed by atoms with E-state index in [9.17, 15) is 0 Å². The van der Waals surface area contributed by atoms with Crippen LogP contribution in [0.3, 0.4) is 0 Å². The molecule has 0 aromatic rings. The highest BCUT2D eigenvalue weighted by atomic mass is 16.5. The summed E-state index contributed by atoms with van der Waals surface area (Å²) in [6.07, 6.45) is 0. The van der Waals surface area contributed by atoms with Gasteiger partial charge in [-0.05, 0) is 5.92 Å².